The molecule has 1 aromatic carbocycles. The van der Waals surface area contributed by atoms with E-state index in [1.165, 1.54) is 10.5 Å². The Balaban J connectivity index is 1.33. The number of piperazine rings is 1. The standard InChI is InChI=1S/C21H22N4O3/c26-19-13-17-3-1-2-4-18(17)21(28)25(19)15-20(27)24-11-9-23(10-12-24)14-16-5-7-22-8-6-16/h1-8H,9-15H2/p+1. The Morgan fingerprint density at radius 1 is 1.04 bits per heavy atom. The van der Waals surface area contributed by atoms with Crippen molar-refractivity contribution < 1.29 is 19.3 Å². The normalized spacial score (nSPS) is 17.6. The Kier molecular flexibility index (Phi) is 5.16. The number of hydrogen-bond donors (Lipinski definition) is 1. The molecular weight excluding hydrogens is 356 g/mol. The van der Waals surface area contributed by atoms with E-state index in [0.29, 0.717) is 18.7 Å². The predicted molar refractivity (Wildman–Crippen MR) is 101 cm³/mol. The minimum absolute atomic E-state index is 0.163. The highest BCUT2D eigenvalue weighted by Crippen LogP contribution is 2.19. The van der Waals surface area contributed by atoms with Crippen LogP contribution < -0.4 is 4.90 Å². The van der Waals surface area contributed by atoms with Crippen molar-refractivity contribution in [3.8, 4) is 0 Å². The third-order valence-electron chi connectivity index (χ3n) is 5.46. The highest BCUT2D eigenvalue weighted by molar-refractivity contribution is 6.11. The van der Waals surface area contributed by atoms with Gasteiger partial charge in [-0.15, -0.1) is 0 Å². The molecule has 144 valence electrons. The Morgan fingerprint density at radius 2 is 1.75 bits per heavy atom. The van der Waals surface area contributed by atoms with Gasteiger partial charge in [-0.25, -0.2) is 0 Å². The summed E-state index contributed by atoms with van der Waals surface area (Å²) in [6.45, 7) is 3.69. The van der Waals surface area contributed by atoms with Crippen LogP contribution in [0.25, 0.3) is 0 Å². The number of quaternary nitrogens is 1. The van der Waals surface area contributed by atoms with Crippen molar-refractivity contribution in [1.29, 1.82) is 0 Å². The third kappa shape index (κ3) is 3.80. The van der Waals surface area contributed by atoms with Crippen LogP contribution in [0.1, 0.15) is 21.5 Å². The fourth-order valence-electron chi connectivity index (χ4n) is 3.83. The zero-order valence-corrected chi connectivity index (χ0v) is 15.6. The highest BCUT2D eigenvalue weighted by atomic mass is 16.2. The lowest BCUT2D eigenvalue weighted by atomic mass is 9.98. The largest absolute Gasteiger partial charge is 0.330 e. The van der Waals surface area contributed by atoms with Crippen molar-refractivity contribution in [3.63, 3.8) is 0 Å². The van der Waals surface area contributed by atoms with Crippen molar-refractivity contribution >= 4 is 17.7 Å². The number of nitrogens with one attached hydrogen (secondary N) is 1. The summed E-state index contributed by atoms with van der Waals surface area (Å²) in [7, 11) is 0. The maximum absolute atomic E-state index is 12.7. The van der Waals surface area contributed by atoms with Crippen LogP contribution in [0.15, 0.2) is 48.8 Å². The zero-order chi connectivity index (χ0) is 19.5. The highest BCUT2D eigenvalue weighted by Gasteiger charge is 2.34. The summed E-state index contributed by atoms with van der Waals surface area (Å²) in [4.78, 5) is 46.0. The fourth-order valence-corrected chi connectivity index (χ4v) is 3.83. The van der Waals surface area contributed by atoms with Gasteiger partial charge in [-0.2, -0.15) is 0 Å². The zero-order valence-electron chi connectivity index (χ0n) is 15.6. The SMILES string of the molecule is O=C(CN1C(=O)Cc2ccccc2C1=O)N1CC[NH+](Cc2ccncc2)CC1. The molecule has 0 aliphatic carbocycles. The van der Waals surface area contributed by atoms with Crippen LogP contribution in [0.5, 0.6) is 0 Å². The van der Waals surface area contributed by atoms with Crippen molar-refractivity contribution in [3.05, 3.63) is 65.5 Å². The average Bonchev–Trinajstić information content (AvgIpc) is 2.72. The van der Waals surface area contributed by atoms with Crippen LogP contribution in [-0.2, 0) is 22.6 Å². The topological polar surface area (TPSA) is 75.0 Å². The molecule has 0 radical (unpaired) electrons. The van der Waals surface area contributed by atoms with E-state index in [9.17, 15) is 14.4 Å². The van der Waals surface area contributed by atoms with Gasteiger partial charge in [0.15, 0.2) is 0 Å². The molecule has 7 nitrogen and oxygen atoms in total. The molecular formula is C21H23N4O3+. The smallest absolute Gasteiger partial charge is 0.261 e. The lowest BCUT2D eigenvalue weighted by Gasteiger charge is -2.34. The van der Waals surface area contributed by atoms with Crippen LogP contribution in [0.3, 0.4) is 0 Å². The number of imide groups is 1. The van der Waals surface area contributed by atoms with Gasteiger partial charge in [0.1, 0.15) is 13.1 Å². The molecule has 28 heavy (non-hydrogen) atoms. The first-order valence-corrected chi connectivity index (χ1v) is 9.54. The van der Waals surface area contributed by atoms with Gasteiger partial charge in [-0.05, 0) is 23.8 Å². The summed E-state index contributed by atoms with van der Waals surface area (Å²) in [6.07, 6.45) is 3.75. The summed E-state index contributed by atoms with van der Waals surface area (Å²) in [6, 6.07) is 11.1. The molecule has 1 aromatic heterocycles. The van der Waals surface area contributed by atoms with Crippen molar-refractivity contribution in [1.82, 2.24) is 14.8 Å². The molecule has 0 spiro atoms. The molecule has 3 amide bonds. The summed E-state index contributed by atoms with van der Waals surface area (Å²) < 4.78 is 0. The van der Waals surface area contributed by atoms with E-state index in [4.69, 9.17) is 0 Å². The van der Waals surface area contributed by atoms with Crippen molar-refractivity contribution in [2.75, 3.05) is 32.7 Å². The van der Waals surface area contributed by atoms with E-state index in [1.54, 1.807) is 35.5 Å². The van der Waals surface area contributed by atoms with E-state index in [-0.39, 0.29) is 30.7 Å². The van der Waals surface area contributed by atoms with Crippen LogP contribution in [0, 0.1) is 0 Å². The molecule has 0 atom stereocenters. The number of benzene rings is 1. The summed E-state index contributed by atoms with van der Waals surface area (Å²) in [5, 5.41) is 0. The number of carbonyl (C=O) groups excluding carboxylic acids is 3. The van der Waals surface area contributed by atoms with Gasteiger partial charge in [-0.3, -0.25) is 24.3 Å². The second-order valence-corrected chi connectivity index (χ2v) is 7.28. The van der Waals surface area contributed by atoms with Crippen molar-refractivity contribution in [2.45, 2.75) is 13.0 Å². The maximum Gasteiger partial charge on any atom is 0.261 e. The van der Waals surface area contributed by atoms with Crippen LogP contribution >= 0.6 is 0 Å². The third-order valence-corrected chi connectivity index (χ3v) is 5.46. The number of nitrogens with zero attached hydrogens (tertiary/aromatic N) is 3. The minimum atomic E-state index is -0.373. The molecule has 3 heterocycles. The van der Waals surface area contributed by atoms with Crippen LogP contribution in [-0.4, -0.2) is 65.2 Å². The first-order valence-electron chi connectivity index (χ1n) is 9.54. The molecule has 2 aliphatic rings. The first-order chi connectivity index (χ1) is 13.6. The fraction of sp³-hybridized carbons (Fsp3) is 0.333. The van der Waals surface area contributed by atoms with Crippen LogP contribution in [0.4, 0.5) is 0 Å². The quantitative estimate of drug-likeness (QED) is 0.729. The Hall–Kier alpha value is -3.06. The summed E-state index contributed by atoms with van der Waals surface area (Å²) >= 11 is 0. The van der Waals surface area contributed by atoms with Gasteiger partial charge in [0.25, 0.3) is 5.91 Å². The molecule has 0 saturated carbocycles. The first kappa shape index (κ1) is 18.3. The number of rotatable bonds is 4. The van der Waals surface area contributed by atoms with Gasteiger partial charge in [0.05, 0.1) is 32.6 Å². The number of fused-ring (bicyclic) bond motifs is 1. The molecule has 1 N–H and O–H groups in total. The number of hydrogen-bond acceptors (Lipinski definition) is 4. The number of amides is 3. The minimum Gasteiger partial charge on any atom is -0.330 e. The van der Waals surface area contributed by atoms with Gasteiger partial charge >= 0.3 is 0 Å². The Morgan fingerprint density at radius 3 is 2.50 bits per heavy atom. The molecule has 2 aliphatic heterocycles. The van der Waals surface area contributed by atoms with E-state index in [0.717, 1.165) is 30.1 Å². The molecule has 0 unspecified atom stereocenters. The Labute approximate surface area is 163 Å². The second-order valence-electron chi connectivity index (χ2n) is 7.28. The van der Waals surface area contributed by atoms with Gasteiger partial charge < -0.3 is 9.80 Å². The van der Waals surface area contributed by atoms with Crippen LogP contribution in [0.2, 0.25) is 0 Å². The average molecular weight is 379 g/mol. The van der Waals surface area contributed by atoms with Gasteiger partial charge in [-0.1, -0.05) is 18.2 Å². The lowest BCUT2D eigenvalue weighted by molar-refractivity contribution is -0.917. The number of pyridine rings is 1. The molecule has 2 aromatic rings. The lowest BCUT2D eigenvalue weighted by Crippen LogP contribution is -3.13. The number of carbonyl (C=O) groups is 3. The van der Waals surface area contributed by atoms with Gasteiger partial charge in [0.2, 0.25) is 11.8 Å². The summed E-state index contributed by atoms with van der Waals surface area (Å²) in [5.74, 6) is -0.842. The molecule has 1 fully saturated rings. The maximum atomic E-state index is 12.7. The van der Waals surface area contributed by atoms with E-state index in [2.05, 4.69) is 4.98 Å². The predicted octanol–water partition coefficient (Wildman–Crippen LogP) is -0.466. The second kappa shape index (κ2) is 7.90. The summed E-state index contributed by atoms with van der Waals surface area (Å²) in [5.41, 5.74) is 2.48. The molecule has 1 saturated heterocycles. The molecule has 4 rings (SSSR count). The van der Waals surface area contributed by atoms with Gasteiger partial charge in [0, 0.05) is 23.5 Å². The monoisotopic (exact) mass is 379 g/mol. The Bertz CT molecular complexity index is 892. The van der Waals surface area contributed by atoms with E-state index >= 15 is 0 Å². The van der Waals surface area contributed by atoms with E-state index < -0.39 is 0 Å². The molecule has 7 heteroatoms. The number of aromatic nitrogens is 1. The van der Waals surface area contributed by atoms with E-state index in [1.807, 2.05) is 18.2 Å². The molecule has 0 bridgehead atoms. The van der Waals surface area contributed by atoms with Crippen molar-refractivity contribution in [2.24, 2.45) is 0 Å².